The van der Waals surface area contributed by atoms with Crippen LogP contribution in [0.15, 0.2) is 36.0 Å². The van der Waals surface area contributed by atoms with Crippen molar-refractivity contribution in [2.24, 2.45) is 0 Å². The molecule has 0 spiro atoms. The molecule has 0 radical (unpaired) electrons. The normalized spacial score (nSPS) is 15.7. The lowest BCUT2D eigenvalue weighted by molar-refractivity contribution is 0.221. The number of nitrogens with one attached hydrogen (secondary N) is 1. The van der Waals surface area contributed by atoms with E-state index < -0.39 is 0 Å². The van der Waals surface area contributed by atoms with Crippen LogP contribution in [-0.2, 0) is 13.1 Å². The molecule has 3 heterocycles. The van der Waals surface area contributed by atoms with E-state index in [9.17, 15) is 0 Å². The molecular formula is C18H21N5S. The molecule has 1 aliphatic rings. The molecular weight excluding hydrogens is 318 g/mol. The van der Waals surface area contributed by atoms with Gasteiger partial charge in [0.25, 0.3) is 0 Å². The number of thiazole rings is 1. The molecule has 3 aromatic rings. The summed E-state index contributed by atoms with van der Waals surface area (Å²) >= 11 is 1.53. The van der Waals surface area contributed by atoms with Crippen molar-refractivity contribution >= 4 is 27.6 Å². The molecule has 2 aromatic heterocycles. The van der Waals surface area contributed by atoms with Gasteiger partial charge >= 0.3 is 0 Å². The summed E-state index contributed by atoms with van der Waals surface area (Å²) in [7, 11) is 0. The van der Waals surface area contributed by atoms with Gasteiger partial charge in [-0.3, -0.25) is 4.90 Å². The van der Waals surface area contributed by atoms with E-state index in [1.807, 2.05) is 0 Å². The largest absolute Gasteiger partial charge is 0.350 e. The average molecular weight is 339 g/mol. The third kappa shape index (κ3) is 3.71. The summed E-state index contributed by atoms with van der Waals surface area (Å²) in [6.45, 7) is 4.27. The van der Waals surface area contributed by atoms with Gasteiger partial charge in [0.1, 0.15) is 10.3 Å². The first-order valence-corrected chi connectivity index (χ1v) is 9.35. The number of piperidine rings is 1. The second-order valence-corrected chi connectivity index (χ2v) is 7.08. The summed E-state index contributed by atoms with van der Waals surface area (Å²) in [5.74, 6) is 0.657. The van der Waals surface area contributed by atoms with E-state index in [1.54, 1.807) is 11.7 Å². The van der Waals surface area contributed by atoms with Crippen LogP contribution >= 0.6 is 11.3 Å². The first-order valence-electron chi connectivity index (χ1n) is 8.47. The van der Waals surface area contributed by atoms with Crippen molar-refractivity contribution in [3.63, 3.8) is 0 Å². The molecule has 1 aromatic carbocycles. The van der Waals surface area contributed by atoms with Gasteiger partial charge in [0.15, 0.2) is 0 Å². The summed E-state index contributed by atoms with van der Waals surface area (Å²) in [5.41, 5.74) is 5.28. The van der Waals surface area contributed by atoms with Crippen LogP contribution in [-0.4, -0.2) is 32.9 Å². The zero-order valence-electron chi connectivity index (χ0n) is 13.6. The van der Waals surface area contributed by atoms with Crippen molar-refractivity contribution in [1.29, 1.82) is 0 Å². The molecule has 0 saturated carbocycles. The molecule has 0 atom stereocenters. The van der Waals surface area contributed by atoms with E-state index in [0.29, 0.717) is 5.95 Å². The van der Waals surface area contributed by atoms with E-state index in [1.165, 1.54) is 54.8 Å². The fourth-order valence-electron chi connectivity index (χ4n) is 3.07. The van der Waals surface area contributed by atoms with Crippen molar-refractivity contribution in [2.75, 3.05) is 18.4 Å². The van der Waals surface area contributed by atoms with Gasteiger partial charge in [-0.2, -0.15) is 0 Å². The van der Waals surface area contributed by atoms with Gasteiger partial charge < -0.3 is 5.32 Å². The van der Waals surface area contributed by atoms with Gasteiger partial charge in [0, 0.05) is 13.1 Å². The zero-order chi connectivity index (χ0) is 16.2. The molecule has 6 heteroatoms. The number of likely N-dealkylation sites (tertiary alicyclic amines) is 1. The zero-order valence-corrected chi connectivity index (χ0v) is 14.4. The predicted octanol–water partition coefficient (Wildman–Crippen LogP) is 3.68. The number of benzene rings is 1. The second-order valence-electron chi connectivity index (χ2n) is 6.24. The highest BCUT2D eigenvalue weighted by Gasteiger charge is 2.10. The molecule has 124 valence electrons. The SMILES string of the molecule is c1nc2cnc(NCc3ccc(CN4CCCCC4)cc3)nc2s1. The third-order valence-corrected chi connectivity index (χ3v) is 5.15. The standard InChI is InChI=1S/C18H21N5S/c1-2-8-23(9-3-1)12-15-6-4-14(5-7-15)10-19-18-20-11-16-17(22-18)24-13-21-16/h4-7,11,13H,1-3,8-10,12H2,(H,19,20,22). The Bertz CT molecular complexity index is 793. The lowest BCUT2D eigenvalue weighted by atomic mass is 10.1. The number of fused-ring (bicyclic) bond motifs is 1. The molecule has 24 heavy (non-hydrogen) atoms. The summed E-state index contributed by atoms with van der Waals surface area (Å²) in [4.78, 5) is 16.4. The number of nitrogens with zero attached hydrogens (tertiary/aromatic N) is 4. The van der Waals surface area contributed by atoms with E-state index in [0.717, 1.165) is 23.4 Å². The molecule has 0 unspecified atom stereocenters. The maximum atomic E-state index is 4.47. The lowest BCUT2D eigenvalue weighted by Crippen LogP contribution is -2.29. The molecule has 5 nitrogen and oxygen atoms in total. The maximum Gasteiger partial charge on any atom is 0.224 e. The molecule has 1 aliphatic heterocycles. The minimum absolute atomic E-state index is 0.657. The van der Waals surface area contributed by atoms with E-state index >= 15 is 0 Å². The van der Waals surface area contributed by atoms with E-state index in [4.69, 9.17) is 0 Å². The van der Waals surface area contributed by atoms with Crippen LogP contribution in [0.5, 0.6) is 0 Å². The molecule has 0 amide bonds. The van der Waals surface area contributed by atoms with Gasteiger partial charge in [-0.25, -0.2) is 15.0 Å². The topological polar surface area (TPSA) is 53.9 Å². The number of anilines is 1. The summed E-state index contributed by atoms with van der Waals surface area (Å²) in [5, 5.41) is 3.29. The van der Waals surface area contributed by atoms with Crippen LogP contribution in [0.25, 0.3) is 10.3 Å². The number of rotatable bonds is 5. The van der Waals surface area contributed by atoms with Crippen molar-refractivity contribution in [2.45, 2.75) is 32.4 Å². The van der Waals surface area contributed by atoms with Crippen molar-refractivity contribution < 1.29 is 0 Å². The van der Waals surface area contributed by atoms with Crippen molar-refractivity contribution in [3.05, 3.63) is 47.1 Å². The first kappa shape index (κ1) is 15.5. The van der Waals surface area contributed by atoms with Crippen LogP contribution in [0.1, 0.15) is 30.4 Å². The van der Waals surface area contributed by atoms with E-state index in [-0.39, 0.29) is 0 Å². The highest BCUT2D eigenvalue weighted by atomic mass is 32.1. The highest BCUT2D eigenvalue weighted by Crippen LogP contribution is 2.16. The second kappa shape index (κ2) is 7.23. The molecule has 1 N–H and O–H groups in total. The highest BCUT2D eigenvalue weighted by molar-refractivity contribution is 7.16. The Kier molecular flexibility index (Phi) is 4.66. The third-order valence-electron chi connectivity index (χ3n) is 4.42. The Morgan fingerprint density at radius 1 is 1.00 bits per heavy atom. The van der Waals surface area contributed by atoms with Crippen molar-refractivity contribution in [1.82, 2.24) is 19.9 Å². The van der Waals surface area contributed by atoms with Crippen LogP contribution in [0.2, 0.25) is 0 Å². The van der Waals surface area contributed by atoms with Crippen LogP contribution in [0.3, 0.4) is 0 Å². The first-order chi connectivity index (χ1) is 11.9. The van der Waals surface area contributed by atoms with Gasteiger partial charge in [-0.1, -0.05) is 30.7 Å². The minimum Gasteiger partial charge on any atom is -0.350 e. The summed E-state index contributed by atoms with van der Waals surface area (Å²) < 4.78 is 0. The maximum absolute atomic E-state index is 4.47. The Morgan fingerprint density at radius 3 is 2.62 bits per heavy atom. The van der Waals surface area contributed by atoms with Gasteiger partial charge in [0.05, 0.1) is 11.7 Å². The van der Waals surface area contributed by atoms with Crippen LogP contribution < -0.4 is 5.32 Å². The number of hydrogen-bond donors (Lipinski definition) is 1. The Balaban J connectivity index is 1.34. The minimum atomic E-state index is 0.657. The summed E-state index contributed by atoms with van der Waals surface area (Å²) in [6, 6.07) is 8.85. The lowest BCUT2D eigenvalue weighted by Gasteiger charge is -2.26. The predicted molar refractivity (Wildman–Crippen MR) is 98.1 cm³/mol. The van der Waals surface area contributed by atoms with Gasteiger partial charge in [0.2, 0.25) is 5.95 Å². The fraction of sp³-hybridized carbons (Fsp3) is 0.389. The summed E-state index contributed by atoms with van der Waals surface area (Å²) in [6.07, 6.45) is 5.83. The fourth-order valence-corrected chi connectivity index (χ4v) is 3.70. The quantitative estimate of drug-likeness (QED) is 0.768. The Morgan fingerprint density at radius 2 is 1.79 bits per heavy atom. The van der Waals surface area contributed by atoms with E-state index in [2.05, 4.69) is 49.4 Å². The number of aromatic nitrogens is 3. The molecule has 1 saturated heterocycles. The number of hydrogen-bond acceptors (Lipinski definition) is 6. The Hall–Kier alpha value is -2.05. The van der Waals surface area contributed by atoms with Gasteiger partial charge in [-0.15, -0.1) is 11.3 Å². The van der Waals surface area contributed by atoms with Crippen molar-refractivity contribution in [3.8, 4) is 0 Å². The van der Waals surface area contributed by atoms with Crippen LogP contribution in [0.4, 0.5) is 5.95 Å². The molecule has 4 rings (SSSR count). The molecule has 1 fully saturated rings. The van der Waals surface area contributed by atoms with Crippen LogP contribution in [0, 0.1) is 0 Å². The smallest absolute Gasteiger partial charge is 0.224 e. The molecule has 0 bridgehead atoms. The van der Waals surface area contributed by atoms with Gasteiger partial charge in [-0.05, 0) is 37.1 Å². The Labute approximate surface area is 145 Å². The average Bonchev–Trinajstić information content (AvgIpc) is 3.10. The monoisotopic (exact) mass is 339 g/mol. The molecule has 0 aliphatic carbocycles.